The third kappa shape index (κ3) is 7.82. The molecule has 12 aromatic carbocycles. The fourth-order valence-corrected chi connectivity index (χ4v) is 10.8. The summed E-state index contributed by atoms with van der Waals surface area (Å²) < 4.78 is 2.41. The van der Waals surface area contributed by atoms with Crippen LogP contribution in [-0.2, 0) is 0 Å². The molecule has 13 rings (SSSR count). The van der Waals surface area contributed by atoms with Crippen LogP contribution in [0.15, 0.2) is 291 Å². The van der Waals surface area contributed by atoms with Crippen LogP contribution < -0.4 is 4.90 Å². The molecule has 0 saturated carbocycles. The highest BCUT2D eigenvalue weighted by Gasteiger charge is 2.18. The van der Waals surface area contributed by atoms with Gasteiger partial charge < -0.3 is 9.47 Å². The number of benzene rings is 12. The van der Waals surface area contributed by atoms with Gasteiger partial charge >= 0.3 is 0 Å². The number of anilines is 3. The predicted octanol–water partition coefficient (Wildman–Crippen LogP) is 19.4. The summed E-state index contributed by atoms with van der Waals surface area (Å²) in [4.78, 5) is 2.38. The topological polar surface area (TPSA) is 8.17 Å². The van der Waals surface area contributed by atoms with Gasteiger partial charge in [-0.15, -0.1) is 0 Å². The number of fused-ring (bicyclic) bond motifs is 4. The van der Waals surface area contributed by atoms with Crippen LogP contribution in [0, 0.1) is 0 Å². The summed E-state index contributed by atoms with van der Waals surface area (Å²) in [5.41, 5.74) is 21.1. The highest BCUT2D eigenvalue weighted by Crippen LogP contribution is 2.42. The van der Waals surface area contributed by atoms with Crippen LogP contribution in [0.2, 0.25) is 0 Å². The minimum Gasteiger partial charge on any atom is -0.310 e. The van der Waals surface area contributed by atoms with E-state index < -0.39 is 0 Å². The van der Waals surface area contributed by atoms with Gasteiger partial charge in [-0.1, -0.05) is 231 Å². The van der Waals surface area contributed by atoms with E-state index in [0.29, 0.717) is 0 Å². The second kappa shape index (κ2) is 18.4. The molecule has 13 aromatic rings. The first-order chi connectivity index (χ1) is 35.7. The van der Waals surface area contributed by atoms with Gasteiger partial charge in [0.2, 0.25) is 0 Å². The van der Waals surface area contributed by atoms with Gasteiger partial charge in [-0.25, -0.2) is 0 Å². The molecule has 0 saturated heterocycles. The van der Waals surface area contributed by atoms with Crippen LogP contribution in [-0.4, -0.2) is 4.57 Å². The molecule has 0 unspecified atom stereocenters. The summed E-state index contributed by atoms with van der Waals surface area (Å²) in [6, 6.07) is 106. The van der Waals surface area contributed by atoms with Gasteiger partial charge in [-0.2, -0.15) is 0 Å². The van der Waals surface area contributed by atoms with Gasteiger partial charge in [0.05, 0.1) is 16.7 Å². The fraction of sp³-hybridized carbons (Fsp3) is 0. The van der Waals surface area contributed by atoms with Gasteiger partial charge in [0.25, 0.3) is 0 Å². The summed E-state index contributed by atoms with van der Waals surface area (Å²) in [6.07, 6.45) is 0. The summed E-state index contributed by atoms with van der Waals surface area (Å²) >= 11 is 0. The zero-order valence-electron chi connectivity index (χ0n) is 39.6. The van der Waals surface area contributed by atoms with Crippen LogP contribution in [0.1, 0.15) is 0 Å². The second-order valence-corrected chi connectivity index (χ2v) is 18.5. The van der Waals surface area contributed by atoms with Crippen LogP contribution in [0.4, 0.5) is 17.1 Å². The molecule has 2 nitrogen and oxygen atoms in total. The highest BCUT2D eigenvalue weighted by atomic mass is 15.1. The van der Waals surface area contributed by atoms with Crippen LogP contribution in [0.25, 0.3) is 105 Å². The van der Waals surface area contributed by atoms with E-state index in [2.05, 4.69) is 301 Å². The average Bonchev–Trinajstić information content (AvgIpc) is 3.80. The number of para-hydroxylation sites is 3. The number of hydrogen-bond donors (Lipinski definition) is 0. The van der Waals surface area contributed by atoms with E-state index in [0.717, 1.165) is 28.2 Å². The van der Waals surface area contributed by atoms with E-state index in [1.54, 1.807) is 0 Å². The third-order valence-electron chi connectivity index (χ3n) is 14.2. The molecule has 0 bridgehead atoms. The van der Waals surface area contributed by atoms with E-state index in [-0.39, 0.29) is 0 Å². The summed E-state index contributed by atoms with van der Waals surface area (Å²) in [5.74, 6) is 0. The van der Waals surface area contributed by atoms with Crippen molar-refractivity contribution in [2.45, 2.75) is 0 Å². The molecule has 0 aliphatic rings. The fourth-order valence-electron chi connectivity index (χ4n) is 10.8. The minimum atomic E-state index is 1.08. The summed E-state index contributed by atoms with van der Waals surface area (Å²) in [6.45, 7) is 0. The summed E-state index contributed by atoms with van der Waals surface area (Å²) in [5, 5.41) is 5.01. The lowest BCUT2D eigenvalue weighted by molar-refractivity contribution is 1.18. The molecule has 0 N–H and O–H groups in total. The van der Waals surface area contributed by atoms with E-state index in [4.69, 9.17) is 0 Å². The zero-order valence-corrected chi connectivity index (χ0v) is 39.6. The van der Waals surface area contributed by atoms with Gasteiger partial charge in [0.1, 0.15) is 0 Å². The minimum absolute atomic E-state index is 1.08. The Labute approximate surface area is 420 Å². The van der Waals surface area contributed by atoms with Crippen molar-refractivity contribution in [1.29, 1.82) is 0 Å². The lowest BCUT2D eigenvalue weighted by Gasteiger charge is -2.26. The highest BCUT2D eigenvalue weighted by molar-refractivity contribution is 6.10. The molecule has 0 fully saturated rings. The Bertz CT molecular complexity index is 4000. The van der Waals surface area contributed by atoms with Crippen molar-refractivity contribution >= 4 is 49.6 Å². The maximum absolute atomic E-state index is 2.41. The Morgan fingerprint density at radius 2 is 0.625 bits per heavy atom. The van der Waals surface area contributed by atoms with Crippen molar-refractivity contribution in [3.63, 3.8) is 0 Å². The smallest absolute Gasteiger partial charge is 0.0541 e. The predicted molar refractivity (Wildman–Crippen MR) is 306 cm³/mol. The SMILES string of the molecule is c1ccc(-c2cccc(-c3ccc(N(c4ccc(-c5cccc6cccc(-c7ccccc7)c56)cc4)c4cccc(-c5ccc(-c6ccccc6-n6c7ccccc7c7ccccc76)cc5)c4)cc3)c2)cc1. The molecule has 0 aliphatic heterocycles. The number of rotatable bonds is 10. The molecule has 1 aromatic heterocycles. The zero-order chi connectivity index (χ0) is 47.8. The van der Waals surface area contributed by atoms with Gasteiger partial charge in [0.15, 0.2) is 0 Å². The van der Waals surface area contributed by atoms with Crippen molar-refractivity contribution in [2.75, 3.05) is 4.90 Å². The third-order valence-corrected chi connectivity index (χ3v) is 14.2. The Balaban J connectivity index is 0.878. The van der Waals surface area contributed by atoms with Crippen molar-refractivity contribution in [2.24, 2.45) is 0 Å². The Kier molecular flexibility index (Phi) is 10.9. The molecule has 0 amide bonds. The maximum atomic E-state index is 2.41. The molecule has 1 heterocycles. The van der Waals surface area contributed by atoms with Crippen molar-refractivity contribution in [3.05, 3.63) is 291 Å². The molecular formula is C70H48N2. The van der Waals surface area contributed by atoms with Crippen LogP contribution in [0.3, 0.4) is 0 Å². The second-order valence-electron chi connectivity index (χ2n) is 18.5. The Morgan fingerprint density at radius 3 is 1.24 bits per heavy atom. The molecule has 2 heteroatoms. The molecule has 0 radical (unpaired) electrons. The molecule has 0 spiro atoms. The molecule has 72 heavy (non-hydrogen) atoms. The first-order valence-electron chi connectivity index (χ1n) is 24.7. The molecular weight excluding hydrogens is 869 g/mol. The first-order valence-corrected chi connectivity index (χ1v) is 24.7. The standard InChI is InChI=1S/C70H48N2/c1-3-17-49(18-4-1)56-23-13-24-57(47-56)51-39-43-59(44-40-51)71(60-45-41-54(42-46-60)64-31-16-22-55-21-15-30-63(70(55)64)52-19-5-2-6-20-52)61-26-14-25-58(48-61)50-35-37-53(38-36-50)62-27-7-10-32-67(62)72-68-33-11-8-28-65(68)66-29-9-12-34-69(66)72/h1-48H. The quantitative estimate of drug-likeness (QED) is 0.133. The number of nitrogens with zero attached hydrogens (tertiary/aromatic N) is 2. The van der Waals surface area contributed by atoms with Gasteiger partial charge in [0, 0.05) is 33.4 Å². The normalized spacial score (nSPS) is 11.3. The van der Waals surface area contributed by atoms with E-state index in [9.17, 15) is 0 Å². The van der Waals surface area contributed by atoms with Crippen LogP contribution >= 0.6 is 0 Å². The molecule has 0 atom stereocenters. The van der Waals surface area contributed by atoms with E-state index in [1.807, 2.05) is 0 Å². The summed E-state index contributed by atoms with van der Waals surface area (Å²) in [7, 11) is 0. The van der Waals surface area contributed by atoms with E-state index in [1.165, 1.54) is 93.9 Å². The number of aromatic nitrogens is 1. The number of hydrogen-bond acceptors (Lipinski definition) is 1. The largest absolute Gasteiger partial charge is 0.310 e. The Morgan fingerprint density at radius 1 is 0.236 bits per heavy atom. The van der Waals surface area contributed by atoms with Crippen LogP contribution in [0.5, 0.6) is 0 Å². The van der Waals surface area contributed by atoms with Crippen molar-refractivity contribution in [1.82, 2.24) is 4.57 Å². The van der Waals surface area contributed by atoms with E-state index >= 15 is 0 Å². The molecule has 338 valence electrons. The van der Waals surface area contributed by atoms with Crippen molar-refractivity contribution < 1.29 is 0 Å². The maximum Gasteiger partial charge on any atom is 0.0541 e. The monoisotopic (exact) mass is 916 g/mol. The molecule has 0 aliphatic carbocycles. The average molecular weight is 917 g/mol. The lowest BCUT2D eigenvalue weighted by atomic mass is 9.91. The van der Waals surface area contributed by atoms with Crippen molar-refractivity contribution in [3.8, 4) is 72.4 Å². The van der Waals surface area contributed by atoms with Gasteiger partial charge in [-0.3, -0.25) is 0 Å². The van der Waals surface area contributed by atoms with Gasteiger partial charge in [-0.05, 0) is 133 Å². The first kappa shape index (κ1) is 42.6. The Hall–Kier alpha value is -9.50. The lowest BCUT2D eigenvalue weighted by Crippen LogP contribution is -2.10.